The van der Waals surface area contributed by atoms with Crippen LogP contribution in [0.2, 0.25) is 0 Å². The molecule has 0 spiro atoms. The van der Waals surface area contributed by atoms with Gasteiger partial charge in [-0.1, -0.05) is 0 Å². The average molecular weight is 202 g/mol. The summed E-state index contributed by atoms with van der Waals surface area (Å²) in [4.78, 5) is 3.00. The van der Waals surface area contributed by atoms with Gasteiger partial charge in [-0.3, -0.25) is 0 Å². The molecule has 0 aromatic carbocycles. The summed E-state index contributed by atoms with van der Waals surface area (Å²) in [6.45, 7) is 2.19. The lowest BCUT2D eigenvalue weighted by Crippen LogP contribution is -2.04. The third kappa shape index (κ3) is 2.38. The molecule has 0 radical (unpaired) electrons. The number of nitrogens with zero attached hydrogens (tertiary/aromatic N) is 1. The summed E-state index contributed by atoms with van der Waals surface area (Å²) in [6.07, 6.45) is 7.20. The van der Waals surface area contributed by atoms with Crippen LogP contribution >= 0.6 is 24.0 Å². The number of thioether (sulfide) groups is 1. The van der Waals surface area contributed by atoms with E-state index in [1.165, 1.54) is 12.2 Å². The summed E-state index contributed by atoms with van der Waals surface area (Å²) in [5, 5.41) is 0. The highest BCUT2D eigenvalue weighted by Crippen LogP contribution is 2.13. The van der Waals surface area contributed by atoms with E-state index in [4.69, 9.17) is 12.2 Å². The molecule has 0 aliphatic carbocycles. The Kier molecular flexibility index (Phi) is 3.88. The van der Waals surface area contributed by atoms with Crippen LogP contribution in [-0.4, -0.2) is 21.6 Å². The van der Waals surface area contributed by atoms with Gasteiger partial charge in [-0.15, -0.1) is 0 Å². The Bertz CT molecular complexity index is 277. The SMILES string of the molecule is CSCCC(C)n1cc[nH]c1=S. The lowest BCUT2D eigenvalue weighted by molar-refractivity contribution is 0.528. The molecule has 1 unspecified atom stereocenters. The van der Waals surface area contributed by atoms with Gasteiger partial charge in [0.05, 0.1) is 0 Å². The van der Waals surface area contributed by atoms with Gasteiger partial charge in [0, 0.05) is 18.4 Å². The fourth-order valence-electron chi connectivity index (χ4n) is 1.11. The van der Waals surface area contributed by atoms with Gasteiger partial charge in [-0.05, 0) is 37.6 Å². The fourth-order valence-corrected chi connectivity index (χ4v) is 1.99. The highest BCUT2D eigenvalue weighted by molar-refractivity contribution is 7.98. The molecule has 0 aliphatic rings. The smallest absolute Gasteiger partial charge is 0.177 e. The minimum absolute atomic E-state index is 0.510. The first kappa shape index (κ1) is 9.86. The van der Waals surface area contributed by atoms with Crippen LogP contribution in [0.25, 0.3) is 0 Å². The summed E-state index contributed by atoms with van der Waals surface area (Å²) < 4.78 is 2.93. The molecule has 68 valence electrons. The van der Waals surface area contributed by atoms with Crippen LogP contribution in [0.3, 0.4) is 0 Å². The highest BCUT2D eigenvalue weighted by atomic mass is 32.2. The van der Waals surface area contributed by atoms with Crippen LogP contribution in [0.5, 0.6) is 0 Å². The molecule has 12 heavy (non-hydrogen) atoms. The maximum atomic E-state index is 5.11. The van der Waals surface area contributed by atoms with Gasteiger partial charge >= 0.3 is 0 Å². The van der Waals surface area contributed by atoms with Crippen LogP contribution in [0.15, 0.2) is 12.4 Å². The topological polar surface area (TPSA) is 20.7 Å². The lowest BCUT2D eigenvalue weighted by Gasteiger charge is -2.11. The van der Waals surface area contributed by atoms with Crippen molar-refractivity contribution < 1.29 is 0 Å². The largest absolute Gasteiger partial charge is 0.337 e. The number of H-pyrrole nitrogens is 1. The van der Waals surface area contributed by atoms with Gasteiger partial charge in [0.25, 0.3) is 0 Å². The molecule has 1 N–H and O–H groups in total. The fraction of sp³-hybridized carbons (Fsp3) is 0.625. The molecule has 0 fully saturated rings. The molecular weight excluding hydrogens is 188 g/mol. The van der Waals surface area contributed by atoms with E-state index >= 15 is 0 Å². The van der Waals surface area contributed by atoms with Crippen molar-refractivity contribution in [1.82, 2.24) is 9.55 Å². The van der Waals surface area contributed by atoms with Crippen molar-refractivity contribution >= 4 is 24.0 Å². The molecule has 1 aromatic rings. The van der Waals surface area contributed by atoms with Gasteiger partial charge in [0.1, 0.15) is 0 Å². The van der Waals surface area contributed by atoms with Crippen molar-refractivity contribution in [3.63, 3.8) is 0 Å². The molecule has 0 saturated carbocycles. The van der Waals surface area contributed by atoms with E-state index in [0.29, 0.717) is 6.04 Å². The van der Waals surface area contributed by atoms with Gasteiger partial charge in [0.2, 0.25) is 0 Å². The Morgan fingerprint density at radius 3 is 3.00 bits per heavy atom. The number of rotatable bonds is 4. The first-order valence-corrected chi connectivity index (χ1v) is 5.80. The monoisotopic (exact) mass is 202 g/mol. The minimum atomic E-state index is 0.510. The summed E-state index contributed by atoms with van der Waals surface area (Å²) in [5.41, 5.74) is 0. The minimum Gasteiger partial charge on any atom is -0.337 e. The summed E-state index contributed by atoms with van der Waals surface area (Å²) in [5.74, 6) is 1.19. The molecule has 0 amide bonds. The van der Waals surface area contributed by atoms with Crippen molar-refractivity contribution in [3.8, 4) is 0 Å². The predicted octanol–water partition coefficient (Wildman–Crippen LogP) is 2.86. The van der Waals surface area contributed by atoms with Crippen LogP contribution < -0.4 is 0 Å². The molecule has 1 aromatic heterocycles. The van der Waals surface area contributed by atoms with Crippen LogP contribution in [-0.2, 0) is 0 Å². The van der Waals surface area contributed by atoms with Gasteiger partial charge in [-0.2, -0.15) is 11.8 Å². The second kappa shape index (κ2) is 4.72. The zero-order valence-electron chi connectivity index (χ0n) is 7.41. The molecule has 0 aliphatic heterocycles. The first-order chi connectivity index (χ1) is 5.75. The van der Waals surface area contributed by atoms with Crippen molar-refractivity contribution in [2.45, 2.75) is 19.4 Å². The predicted molar refractivity (Wildman–Crippen MR) is 57.3 cm³/mol. The number of hydrogen-bond acceptors (Lipinski definition) is 2. The van der Waals surface area contributed by atoms with E-state index in [0.717, 1.165) is 4.77 Å². The average Bonchev–Trinajstić information content (AvgIpc) is 2.47. The number of nitrogens with one attached hydrogen (secondary N) is 1. The highest BCUT2D eigenvalue weighted by Gasteiger charge is 2.03. The van der Waals surface area contributed by atoms with Crippen molar-refractivity contribution in [2.75, 3.05) is 12.0 Å². The number of aromatic amines is 1. The zero-order chi connectivity index (χ0) is 8.97. The van der Waals surface area contributed by atoms with Gasteiger partial charge in [0.15, 0.2) is 4.77 Å². The quantitative estimate of drug-likeness (QED) is 0.758. The Morgan fingerprint density at radius 1 is 1.75 bits per heavy atom. The Labute approximate surface area is 82.4 Å². The maximum absolute atomic E-state index is 5.11. The Hall–Kier alpha value is -0.220. The normalized spacial score (nSPS) is 13.2. The molecule has 1 atom stereocenters. The van der Waals surface area contributed by atoms with Crippen molar-refractivity contribution in [3.05, 3.63) is 17.2 Å². The molecule has 1 rings (SSSR count). The van der Waals surface area contributed by atoms with E-state index in [1.54, 1.807) is 0 Å². The van der Waals surface area contributed by atoms with Crippen LogP contribution in [0.1, 0.15) is 19.4 Å². The van der Waals surface area contributed by atoms with Crippen LogP contribution in [0, 0.1) is 4.77 Å². The lowest BCUT2D eigenvalue weighted by atomic mass is 10.2. The van der Waals surface area contributed by atoms with E-state index in [2.05, 4.69) is 22.7 Å². The molecule has 1 heterocycles. The molecule has 0 bridgehead atoms. The van der Waals surface area contributed by atoms with E-state index in [9.17, 15) is 0 Å². The summed E-state index contributed by atoms with van der Waals surface area (Å²) in [7, 11) is 0. The summed E-state index contributed by atoms with van der Waals surface area (Å²) >= 11 is 6.99. The Balaban J connectivity index is 2.59. The van der Waals surface area contributed by atoms with Crippen molar-refractivity contribution in [2.24, 2.45) is 0 Å². The molecule has 0 saturated heterocycles. The van der Waals surface area contributed by atoms with E-state index < -0.39 is 0 Å². The van der Waals surface area contributed by atoms with Gasteiger partial charge < -0.3 is 9.55 Å². The molecular formula is C8H14N2S2. The number of aromatic nitrogens is 2. The molecule has 2 nitrogen and oxygen atoms in total. The number of hydrogen-bond donors (Lipinski definition) is 1. The second-order valence-electron chi connectivity index (χ2n) is 2.80. The zero-order valence-corrected chi connectivity index (χ0v) is 9.04. The second-order valence-corrected chi connectivity index (χ2v) is 4.18. The Morgan fingerprint density at radius 2 is 2.50 bits per heavy atom. The number of imidazole rings is 1. The van der Waals surface area contributed by atoms with E-state index in [1.807, 2.05) is 24.2 Å². The first-order valence-electron chi connectivity index (χ1n) is 4.00. The van der Waals surface area contributed by atoms with E-state index in [-0.39, 0.29) is 0 Å². The standard InChI is InChI=1S/C8H14N2S2/c1-7(3-6-12-2)10-5-4-9-8(10)11/h4-5,7H,3,6H2,1-2H3,(H,9,11). The summed E-state index contributed by atoms with van der Waals surface area (Å²) in [6, 6.07) is 0.510. The third-order valence-electron chi connectivity index (χ3n) is 1.89. The van der Waals surface area contributed by atoms with Crippen molar-refractivity contribution in [1.29, 1.82) is 0 Å². The van der Waals surface area contributed by atoms with Crippen LogP contribution in [0.4, 0.5) is 0 Å². The molecule has 4 heteroatoms. The maximum Gasteiger partial charge on any atom is 0.177 e. The third-order valence-corrected chi connectivity index (χ3v) is 2.86. The van der Waals surface area contributed by atoms with Gasteiger partial charge in [-0.25, -0.2) is 0 Å².